The fourth-order valence-corrected chi connectivity index (χ4v) is 4.72. The van der Waals surface area contributed by atoms with Gasteiger partial charge in [-0.05, 0) is 54.4 Å². The molecule has 0 spiro atoms. The second kappa shape index (κ2) is 8.70. The Labute approximate surface area is 184 Å². The smallest absolute Gasteiger partial charge is 0.238 e. The molecule has 0 N–H and O–H groups in total. The molecular weight excluding hydrogens is 425 g/mol. The van der Waals surface area contributed by atoms with Gasteiger partial charge in [-0.15, -0.1) is 11.8 Å². The van der Waals surface area contributed by atoms with E-state index in [1.165, 1.54) is 5.56 Å². The normalized spacial score (nSPS) is 16.3. The first-order valence-electron chi connectivity index (χ1n) is 9.18. The summed E-state index contributed by atoms with van der Waals surface area (Å²) in [5, 5.41) is 1.04. The van der Waals surface area contributed by atoms with E-state index in [1.807, 2.05) is 42.5 Å². The molecule has 148 valence electrons. The maximum absolute atomic E-state index is 12.5. The van der Waals surface area contributed by atoms with E-state index >= 15 is 0 Å². The zero-order valence-electron chi connectivity index (χ0n) is 15.8. The molecule has 3 aromatic rings. The lowest BCUT2D eigenvalue weighted by atomic mass is 10.1. The van der Waals surface area contributed by atoms with Gasteiger partial charge in [0.05, 0.1) is 10.8 Å². The number of benzene rings is 3. The molecule has 1 aliphatic rings. The first-order valence-corrected chi connectivity index (χ1v) is 11.0. The van der Waals surface area contributed by atoms with Crippen LogP contribution < -0.4 is 9.64 Å². The van der Waals surface area contributed by atoms with E-state index in [4.69, 9.17) is 27.9 Å². The molecule has 0 aliphatic carbocycles. The van der Waals surface area contributed by atoms with Crippen LogP contribution in [0.25, 0.3) is 0 Å². The number of amides is 1. The monoisotopic (exact) mass is 443 g/mol. The van der Waals surface area contributed by atoms with Gasteiger partial charge in [0.2, 0.25) is 5.91 Å². The van der Waals surface area contributed by atoms with Crippen LogP contribution in [0, 0.1) is 6.92 Å². The second-order valence-corrected chi connectivity index (χ2v) is 8.78. The fraction of sp³-hybridized carbons (Fsp3) is 0.174. The van der Waals surface area contributed by atoms with Crippen molar-refractivity contribution in [2.45, 2.75) is 18.9 Å². The molecule has 29 heavy (non-hydrogen) atoms. The SMILES string of the molecule is Cc1ccc(COc2ccc([C@H]3SCC(=O)N3c3ccc(Cl)cc3)cc2Cl)cc1. The number of anilines is 1. The Bertz CT molecular complexity index is 1020. The average molecular weight is 444 g/mol. The van der Waals surface area contributed by atoms with Crippen LogP contribution in [-0.2, 0) is 11.4 Å². The summed E-state index contributed by atoms with van der Waals surface area (Å²) in [4.78, 5) is 14.3. The van der Waals surface area contributed by atoms with E-state index in [0.29, 0.717) is 28.2 Å². The quantitative estimate of drug-likeness (QED) is 0.441. The predicted octanol–water partition coefficient (Wildman–Crippen LogP) is 6.66. The maximum atomic E-state index is 12.5. The van der Waals surface area contributed by atoms with E-state index in [2.05, 4.69) is 19.1 Å². The lowest BCUT2D eigenvalue weighted by Gasteiger charge is -2.25. The zero-order valence-corrected chi connectivity index (χ0v) is 18.1. The Kier molecular flexibility index (Phi) is 6.04. The van der Waals surface area contributed by atoms with Crippen molar-refractivity contribution in [2.24, 2.45) is 0 Å². The van der Waals surface area contributed by atoms with Gasteiger partial charge in [0.25, 0.3) is 0 Å². The highest BCUT2D eigenvalue weighted by atomic mass is 35.5. The predicted molar refractivity (Wildman–Crippen MR) is 121 cm³/mol. The Balaban J connectivity index is 1.52. The summed E-state index contributed by atoms with van der Waals surface area (Å²) >= 11 is 14.1. The number of ether oxygens (including phenoxy) is 1. The number of halogens is 2. The minimum absolute atomic E-state index is 0.0677. The molecule has 3 nitrogen and oxygen atoms in total. The summed E-state index contributed by atoms with van der Waals surface area (Å²) in [5.74, 6) is 1.12. The van der Waals surface area contributed by atoms with Crippen molar-refractivity contribution in [1.29, 1.82) is 0 Å². The standard InChI is InChI=1S/C23H19Cl2NO2S/c1-15-2-4-16(5-3-15)13-28-21-11-6-17(12-20(21)25)23-26(22(27)14-29-23)19-9-7-18(24)8-10-19/h2-12,23H,13-14H2,1H3/t23-/m1/s1. The van der Waals surface area contributed by atoms with Crippen molar-refractivity contribution >= 4 is 46.6 Å². The van der Waals surface area contributed by atoms with Crippen LogP contribution in [0.4, 0.5) is 5.69 Å². The van der Waals surface area contributed by atoms with E-state index in [-0.39, 0.29) is 11.3 Å². The van der Waals surface area contributed by atoms with Crippen LogP contribution in [-0.4, -0.2) is 11.7 Å². The first kappa shape index (κ1) is 20.1. The minimum Gasteiger partial charge on any atom is -0.487 e. The van der Waals surface area contributed by atoms with Crippen LogP contribution in [0.3, 0.4) is 0 Å². The van der Waals surface area contributed by atoms with Gasteiger partial charge in [0.15, 0.2) is 0 Å². The van der Waals surface area contributed by atoms with Gasteiger partial charge in [-0.2, -0.15) is 0 Å². The summed E-state index contributed by atoms with van der Waals surface area (Å²) in [7, 11) is 0. The molecule has 0 aromatic heterocycles. The number of carbonyl (C=O) groups is 1. The summed E-state index contributed by atoms with van der Waals surface area (Å²) in [5.41, 5.74) is 4.08. The van der Waals surface area contributed by atoms with Crippen LogP contribution in [0.15, 0.2) is 66.7 Å². The third-order valence-corrected chi connectivity index (χ3v) is 6.49. The lowest BCUT2D eigenvalue weighted by molar-refractivity contribution is -0.115. The fourth-order valence-electron chi connectivity index (χ4n) is 3.18. The number of rotatable bonds is 5. The summed E-state index contributed by atoms with van der Waals surface area (Å²) in [6, 6.07) is 21.2. The zero-order chi connectivity index (χ0) is 20.4. The van der Waals surface area contributed by atoms with Crippen molar-refractivity contribution in [2.75, 3.05) is 10.7 Å². The molecule has 1 atom stereocenters. The lowest BCUT2D eigenvalue weighted by Crippen LogP contribution is -2.27. The molecule has 0 bridgehead atoms. The van der Waals surface area contributed by atoms with Gasteiger partial charge in [-0.1, -0.05) is 59.1 Å². The first-order chi connectivity index (χ1) is 14.0. The third kappa shape index (κ3) is 4.55. The van der Waals surface area contributed by atoms with Gasteiger partial charge in [0, 0.05) is 10.7 Å². The molecule has 3 aromatic carbocycles. The Morgan fingerprint density at radius 3 is 2.45 bits per heavy atom. The molecule has 0 radical (unpaired) electrons. The van der Waals surface area contributed by atoms with E-state index < -0.39 is 0 Å². The highest BCUT2D eigenvalue weighted by molar-refractivity contribution is 8.00. The highest BCUT2D eigenvalue weighted by Gasteiger charge is 2.34. The van der Waals surface area contributed by atoms with Crippen molar-refractivity contribution < 1.29 is 9.53 Å². The number of hydrogen-bond donors (Lipinski definition) is 0. The van der Waals surface area contributed by atoms with Gasteiger partial charge < -0.3 is 4.74 Å². The molecule has 1 heterocycles. The second-order valence-electron chi connectivity index (χ2n) is 6.87. The largest absolute Gasteiger partial charge is 0.487 e. The average Bonchev–Trinajstić information content (AvgIpc) is 3.10. The van der Waals surface area contributed by atoms with E-state index in [1.54, 1.807) is 28.8 Å². The Morgan fingerprint density at radius 2 is 1.76 bits per heavy atom. The minimum atomic E-state index is -0.132. The highest BCUT2D eigenvalue weighted by Crippen LogP contribution is 2.43. The van der Waals surface area contributed by atoms with Gasteiger partial charge in [0.1, 0.15) is 17.7 Å². The molecule has 1 aliphatic heterocycles. The Hall–Kier alpha value is -2.14. The van der Waals surface area contributed by atoms with Crippen LogP contribution in [0.2, 0.25) is 10.0 Å². The summed E-state index contributed by atoms with van der Waals surface area (Å²) < 4.78 is 5.89. The van der Waals surface area contributed by atoms with E-state index in [9.17, 15) is 4.79 Å². The van der Waals surface area contributed by atoms with Crippen LogP contribution >= 0.6 is 35.0 Å². The molecule has 4 rings (SSSR count). The number of carbonyl (C=O) groups excluding carboxylic acids is 1. The Morgan fingerprint density at radius 1 is 1.03 bits per heavy atom. The van der Waals surface area contributed by atoms with Crippen LogP contribution in [0.5, 0.6) is 5.75 Å². The van der Waals surface area contributed by atoms with Crippen LogP contribution in [0.1, 0.15) is 22.1 Å². The molecule has 1 amide bonds. The van der Waals surface area contributed by atoms with Gasteiger partial charge in [-0.3, -0.25) is 9.69 Å². The number of aryl methyl sites for hydroxylation is 1. The van der Waals surface area contributed by atoms with Gasteiger partial charge in [-0.25, -0.2) is 0 Å². The molecule has 1 saturated heterocycles. The van der Waals surface area contributed by atoms with Crippen molar-refractivity contribution in [1.82, 2.24) is 0 Å². The molecule has 6 heteroatoms. The summed E-state index contributed by atoms with van der Waals surface area (Å²) in [6.45, 7) is 2.51. The molecule has 0 saturated carbocycles. The van der Waals surface area contributed by atoms with Crippen molar-refractivity contribution in [3.63, 3.8) is 0 Å². The molecular formula is C23H19Cl2NO2S. The summed E-state index contributed by atoms with van der Waals surface area (Å²) in [6.07, 6.45) is 0. The molecule has 0 unspecified atom stereocenters. The topological polar surface area (TPSA) is 29.5 Å². The van der Waals surface area contributed by atoms with Crippen molar-refractivity contribution in [3.8, 4) is 5.75 Å². The third-order valence-electron chi connectivity index (χ3n) is 4.73. The number of hydrogen-bond acceptors (Lipinski definition) is 3. The molecule has 1 fully saturated rings. The van der Waals surface area contributed by atoms with Gasteiger partial charge >= 0.3 is 0 Å². The number of thioether (sulfide) groups is 1. The number of nitrogens with zero attached hydrogens (tertiary/aromatic N) is 1. The maximum Gasteiger partial charge on any atom is 0.238 e. The van der Waals surface area contributed by atoms with E-state index in [0.717, 1.165) is 16.8 Å². The van der Waals surface area contributed by atoms with Crippen molar-refractivity contribution in [3.05, 3.63) is 93.5 Å².